The van der Waals surface area contributed by atoms with E-state index in [1.165, 1.54) is 6.92 Å². The van der Waals surface area contributed by atoms with E-state index in [1.807, 2.05) is 0 Å². The van der Waals surface area contributed by atoms with Crippen molar-refractivity contribution in [3.05, 3.63) is 0 Å². The number of aliphatic hydroxyl groups is 3. The summed E-state index contributed by atoms with van der Waals surface area (Å²) >= 11 is 5.74. The lowest BCUT2D eigenvalue weighted by Crippen LogP contribution is -2.62. The number of halogens is 1. The van der Waals surface area contributed by atoms with Crippen LogP contribution < -0.4 is 5.32 Å². The molecular weight excluding hydrogens is 226 g/mol. The highest BCUT2D eigenvalue weighted by atomic mass is 35.5. The van der Waals surface area contributed by atoms with Crippen molar-refractivity contribution in [2.24, 2.45) is 0 Å². The molecule has 0 bridgehead atoms. The fraction of sp³-hybridized carbons (Fsp3) is 0.875. The molecule has 88 valence electrons. The van der Waals surface area contributed by atoms with Gasteiger partial charge in [0.2, 0.25) is 5.91 Å². The summed E-state index contributed by atoms with van der Waals surface area (Å²) in [6.07, 6.45) is -3.48. The highest BCUT2D eigenvalue weighted by Gasteiger charge is 2.43. The second-order valence-corrected chi connectivity index (χ2v) is 3.85. The van der Waals surface area contributed by atoms with E-state index in [0.717, 1.165) is 0 Å². The SMILES string of the molecule is CC(=O)N[C@@H]1[C@@H](O)[C@H](O)[C@@H](CO)O[C@H]1Cl. The number of rotatable bonds is 2. The number of alkyl halides is 1. The summed E-state index contributed by atoms with van der Waals surface area (Å²) in [5, 5.41) is 30.3. The van der Waals surface area contributed by atoms with E-state index in [2.05, 4.69) is 5.32 Å². The van der Waals surface area contributed by atoms with Gasteiger partial charge in [0.05, 0.1) is 12.6 Å². The summed E-state index contributed by atoms with van der Waals surface area (Å²) in [6, 6.07) is -0.887. The molecule has 6 nitrogen and oxygen atoms in total. The molecule has 0 unspecified atom stereocenters. The Morgan fingerprint density at radius 2 is 2.07 bits per heavy atom. The van der Waals surface area contributed by atoms with Gasteiger partial charge in [0, 0.05) is 6.92 Å². The van der Waals surface area contributed by atoms with Gasteiger partial charge in [-0.2, -0.15) is 0 Å². The van der Waals surface area contributed by atoms with Gasteiger partial charge in [0.25, 0.3) is 0 Å². The summed E-state index contributed by atoms with van der Waals surface area (Å²) in [5.41, 5.74) is -0.982. The zero-order valence-corrected chi connectivity index (χ0v) is 8.89. The Morgan fingerprint density at radius 1 is 1.47 bits per heavy atom. The molecule has 7 heteroatoms. The Morgan fingerprint density at radius 3 is 2.53 bits per heavy atom. The third kappa shape index (κ3) is 2.79. The van der Waals surface area contributed by atoms with Gasteiger partial charge in [-0.25, -0.2) is 0 Å². The Labute approximate surface area is 91.8 Å². The monoisotopic (exact) mass is 239 g/mol. The Hall–Kier alpha value is -0.400. The Bertz CT molecular complexity index is 239. The van der Waals surface area contributed by atoms with Crippen LogP contribution in [0.1, 0.15) is 6.92 Å². The van der Waals surface area contributed by atoms with Crippen LogP contribution in [-0.4, -0.2) is 57.8 Å². The normalized spacial score (nSPS) is 41.3. The van der Waals surface area contributed by atoms with Crippen molar-refractivity contribution in [2.45, 2.75) is 36.8 Å². The summed E-state index contributed by atoms with van der Waals surface area (Å²) in [4.78, 5) is 10.8. The van der Waals surface area contributed by atoms with Gasteiger partial charge in [-0.05, 0) is 0 Å². The van der Waals surface area contributed by atoms with E-state index in [4.69, 9.17) is 21.4 Å². The Kier molecular flexibility index (Phi) is 4.30. The topological polar surface area (TPSA) is 99.0 Å². The smallest absolute Gasteiger partial charge is 0.217 e. The van der Waals surface area contributed by atoms with Crippen molar-refractivity contribution in [3.63, 3.8) is 0 Å². The molecule has 0 aromatic heterocycles. The molecule has 1 aliphatic heterocycles. The zero-order chi connectivity index (χ0) is 11.6. The number of carbonyl (C=O) groups is 1. The molecule has 15 heavy (non-hydrogen) atoms. The molecule has 0 spiro atoms. The van der Waals surface area contributed by atoms with E-state index in [1.54, 1.807) is 0 Å². The van der Waals surface area contributed by atoms with Gasteiger partial charge in [-0.15, -0.1) is 0 Å². The van der Waals surface area contributed by atoms with Crippen LogP contribution in [0.5, 0.6) is 0 Å². The van der Waals surface area contributed by atoms with E-state index in [9.17, 15) is 15.0 Å². The first-order valence-electron chi connectivity index (χ1n) is 4.51. The van der Waals surface area contributed by atoms with Crippen LogP contribution in [0.25, 0.3) is 0 Å². The maximum Gasteiger partial charge on any atom is 0.217 e. The molecule has 5 atom stereocenters. The second-order valence-electron chi connectivity index (χ2n) is 3.42. The molecular formula is C8H14ClNO5. The fourth-order valence-corrected chi connectivity index (χ4v) is 1.80. The zero-order valence-electron chi connectivity index (χ0n) is 8.13. The number of carbonyl (C=O) groups excluding carboxylic acids is 1. The van der Waals surface area contributed by atoms with Gasteiger partial charge < -0.3 is 25.4 Å². The van der Waals surface area contributed by atoms with E-state index >= 15 is 0 Å². The first-order valence-corrected chi connectivity index (χ1v) is 4.94. The van der Waals surface area contributed by atoms with E-state index in [0.29, 0.717) is 0 Å². The van der Waals surface area contributed by atoms with Crippen LogP contribution in [0.15, 0.2) is 0 Å². The summed E-state index contributed by atoms with van der Waals surface area (Å²) in [5.74, 6) is -0.386. The number of hydrogen-bond acceptors (Lipinski definition) is 5. The average molecular weight is 240 g/mol. The number of hydrogen-bond donors (Lipinski definition) is 4. The highest BCUT2D eigenvalue weighted by Crippen LogP contribution is 2.23. The number of ether oxygens (including phenoxy) is 1. The van der Waals surface area contributed by atoms with Crippen molar-refractivity contribution >= 4 is 17.5 Å². The summed E-state index contributed by atoms with van der Waals surface area (Å²) in [6.45, 7) is 0.815. The van der Waals surface area contributed by atoms with Crippen molar-refractivity contribution in [1.29, 1.82) is 0 Å². The first kappa shape index (κ1) is 12.7. The molecule has 0 saturated carbocycles. The molecule has 1 heterocycles. The summed E-state index contributed by atoms with van der Waals surface area (Å²) in [7, 11) is 0. The largest absolute Gasteiger partial charge is 0.394 e. The third-order valence-electron chi connectivity index (χ3n) is 2.24. The maximum atomic E-state index is 10.8. The number of amides is 1. The molecule has 1 saturated heterocycles. The predicted octanol–water partition coefficient (Wildman–Crippen LogP) is -1.83. The third-order valence-corrected chi connectivity index (χ3v) is 2.61. The van der Waals surface area contributed by atoms with Gasteiger partial charge in [-0.3, -0.25) is 4.79 Å². The molecule has 0 aromatic carbocycles. The van der Waals surface area contributed by atoms with Crippen LogP contribution in [0.3, 0.4) is 0 Å². The van der Waals surface area contributed by atoms with Crippen molar-refractivity contribution in [1.82, 2.24) is 5.32 Å². The summed E-state index contributed by atoms with van der Waals surface area (Å²) < 4.78 is 5.02. The van der Waals surface area contributed by atoms with Gasteiger partial charge in [0.15, 0.2) is 5.56 Å². The predicted molar refractivity (Wildman–Crippen MR) is 51.2 cm³/mol. The van der Waals surface area contributed by atoms with Gasteiger partial charge in [0.1, 0.15) is 18.3 Å². The average Bonchev–Trinajstić information content (AvgIpc) is 2.18. The second kappa shape index (κ2) is 5.09. The lowest BCUT2D eigenvalue weighted by atomic mass is 9.98. The lowest BCUT2D eigenvalue weighted by Gasteiger charge is -2.40. The molecule has 1 fully saturated rings. The molecule has 0 aromatic rings. The minimum atomic E-state index is -1.28. The fourth-order valence-electron chi connectivity index (χ4n) is 1.46. The first-order chi connectivity index (χ1) is 6.97. The van der Waals surface area contributed by atoms with Crippen molar-refractivity contribution in [3.8, 4) is 0 Å². The number of nitrogens with one attached hydrogen (secondary N) is 1. The maximum absolute atomic E-state index is 10.8. The van der Waals surface area contributed by atoms with Crippen molar-refractivity contribution < 1.29 is 24.9 Å². The van der Waals surface area contributed by atoms with Crippen LogP contribution in [-0.2, 0) is 9.53 Å². The molecule has 0 radical (unpaired) electrons. The standard InChI is InChI=1S/C8H14ClNO5/c1-3(12)10-5-7(14)6(13)4(2-11)15-8(5)9/h4-8,11,13-14H,2H2,1H3,(H,10,12)/t4-,5-,6-,7-,8-/m1/s1. The van der Waals surface area contributed by atoms with Gasteiger partial charge >= 0.3 is 0 Å². The van der Waals surface area contributed by atoms with Crippen LogP contribution in [0.2, 0.25) is 0 Å². The molecule has 4 N–H and O–H groups in total. The molecule has 1 rings (SSSR count). The van der Waals surface area contributed by atoms with Crippen LogP contribution >= 0.6 is 11.6 Å². The van der Waals surface area contributed by atoms with E-state index in [-0.39, 0.29) is 5.91 Å². The lowest BCUT2D eigenvalue weighted by molar-refractivity contribution is -0.175. The molecule has 0 aliphatic carbocycles. The van der Waals surface area contributed by atoms with Crippen LogP contribution in [0.4, 0.5) is 0 Å². The molecule has 1 aliphatic rings. The Balaban J connectivity index is 2.70. The van der Waals surface area contributed by atoms with E-state index < -0.39 is 36.5 Å². The van der Waals surface area contributed by atoms with Gasteiger partial charge in [-0.1, -0.05) is 11.6 Å². The minimum absolute atomic E-state index is 0.386. The van der Waals surface area contributed by atoms with Crippen LogP contribution in [0, 0.1) is 0 Å². The minimum Gasteiger partial charge on any atom is -0.394 e. The van der Waals surface area contributed by atoms with Crippen molar-refractivity contribution in [2.75, 3.05) is 6.61 Å². The molecule has 1 amide bonds. The number of aliphatic hydroxyl groups excluding tert-OH is 3. The highest BCUT2D eigenvalue weighted by molar-refractivity contribution is 6.20. The quantitative estimate of drug-likeness (QED) is 0.425.